The summed E-state index contributed by atoms with van der Waals surface area (Å²) < 4.78 is 10.3. The van der Waals surface area contributed by atoms with Crippen LogP contribution < -0.4 is 0 Å². The molecule has 18 heavy (non-hydrogen) atoms. The number of carbonyl (C=O) groups excluding carboxylic acids is 1. The lowest BCUT2D eigenvalue weighted by Gasteiger charge is -2.29. The number of likely N-dealkylation sites (N-methyl/N-ethyl adjacent to an activating group) is 1. The maximum Gasteiger partial charge on any atom is 0.332 e. The second-order valence-electron chi connectivity index (χ2n) is 4.46. The second-order valence-corrected chi connectivity index (χ2v) is 4.46. The molecule has 1 N–H and O–H groups in total. The van der Waals surface area contributed by atoms with Gasteiger partial charge in [-0.2, -0.15) is 0 Å². The van der Waals surface area contributed by atoms with E-state index in [1.165, 1.54) is 0 Å². The lowest BCUT2D eigenvalue weighted by molar-refractivity contribution is -0.155. The van der Waals surface area contributed by atoms with Gasteiger partial charge in [-0.05, 0) is 26.7 Å². The van der Waals surface area contributed by atoms with E-state index in [1.54, 1.807) is 12.0 Å². The van der Waals surface area contributed by atoms with Crippen molar-refractivity contribution < 1.29 is 24.2 Å². The van der Waals surface area contributed by atoms with Crippen LogP contribution in [0.3, 0.4) is 0 Å². The highest BCUT2D eigenvalue weighted by Gasteiger charge is 2.37. The zero-order chi connectivity index (χ0) is 13.7. The predicted octanol–water partition coefficient (Wildman–Crippen LogP) is 0.502. The van der Waals surface area contributed by atoms with Gasteiger partial charge in [-0.3, -0.25) is 4.79 Å². The molecule has 104 valence electrons. The van der Waals surface area contributed by atoms with E-state index in [0.717, 1.165) is 0 Å². The van der Waals surface area contributed by atoms with E-state index in [9.17, 15) is 9.59 Å². The topological polar surface area (TPSA) is 76.1 Å². The summed E-state index contributed by atoms with van der Waals surface area (Å²) in [4.78, 5) is 24.7. The van der Waals surface area contributed by atoms with E-state index in [0.29, 0.717) is 26.0 Å². The highest BCUT2D eigenvalue weighted by atomic mass is 16.5. The Kier molecular flexibility index (Phi) is 5.55. The van der Waals surface area contributed by atoms with Gasteiger partial charge in [0.15, 0.2) is 6.10 Å². The van der Waals surface area contributed by atoms with E-state index in [4.69, 9.17) is 14.6 Å². The zero-order valence-corrected chi connectivity index (χ0v) is 11.1. The molecule has 1 rings (SSSR count). The summed E-state index contributed by atoms with van der Waals surface area (Å²) in [5, 5.41) is 8.83. The first-order valence-electron chi connectivity index (χ1n) is 6.18. The second kappa shape index (κ2) is 6.70. The Morgan fingerprint density at radius 1 is 1.44 bits per heavy atom. The summed E-state index contributed by atoms with van der Waals surface area (Å²) in [6.45, 7) is 4.79. The molecule has 0 bridgehead atoms. The van der Waals surface area contributed by atoms with Gasteiger partial charge in [0.2, 0.25) is 0 Å². The standard InChI is InChI=1S/C12H21NO5/c1-4-13(8(2)7-17-3)11(14)9-5-6-10(18-9)12(15)16/h8-10H,4-7H2,1-3H3,(H,15,16)/t8?,9-,10+/m0/s1. The molecule has 0 spiro atoms. The van der Waals surface area contributed by atoms with Crippen LogP contribution in [-0.2, 0) is 19.1 Å². The van der Waals surface area contributed by atoms with Crippen molar-refractivity contribution in [3.8, 4) is 0 Å². The molecule has 3 atom stereocenters. The summed E-state index contributed by atoms with van der Waals surface area (Å²) in [5.41, 5.74) is 0. The Bertz CT molecular complexity index is 307. The molecule has 0 aromatic carbocycles. The normalized spacial score (nSPS) is 24.8. The number of amides is 1. The van der Waals surface area contributed by atoms with Crippen LogP contribution in [0.4, 0.5) is 0 Å². The van der Waals surface area contributed by atoms with Crippen LogP contribution in [-0.4, -0.2) is 60.4 Å². The van der Waals surface area contributed by atoms with Crippen LogP contribution in [0.2, 0.25) is 0 Å². The molecule has 1 saturated heterocycles. The Labute approximate surface area is 107 Å². The quantitative estimate of drug-likeness (QED) is 0.751. The van der Waals surface area contributed by atoms with Crippen LogP contribution in [0.5, 0.6) is 0 Å². The molecular weight excluding hydrogens is 238 g/mol. The third-order valence-corrected chi connectivity index (χ3v) is 3.13. The number of carboxylic acids is 1. The van der Waals surface area contributed by atoms with E-state index >= 15 is 0 Å². The number of ether oxygens (including phenoxy) is 2. The third-order valence-electron chi connectivity index (χ3n) is 3.13. The van der Waals surface area contributed by atoms with Gasteiger partial charge >= 0.3 is 5.97 Å². The maximum atomic E-state index is 12.2. The number of carbonyl (C=O) groups is 2. The number of hydrogen-bond donors (Lipinski definition) is 1. The molecule has 1 aliphatic heterocycles. The van der Waals surface area contributed by atoms with Crippen LogP contribution in [0.1, 0.15) is 26.7 Å². The average Bonchev–Trinajstić information content (AvgIpc) is 2.79. The first kappa shape index (κ1) is 14.9. The minimum atomic E-state index is -1.00. The van der Waals surface area contributed by atoms with Gasteiger partial charge in [-0.25, -0.2) is 4.79 Å². The van der Waals surface area contributed by atoms with Gasteiger partial charge in [0.1, 0.15) is 6.10 Å². The smallest absolute Gasteiger partial charge is 0.332 e. The summed E-state index contributed by atoms with van der Waals surface area (Å²) >= 11 is 0. The number of aliphatic carboxylic acids is 1. The van der Waals surface area contributed by atoms with E-state index in [1.807, 2.05) is 13.8 Å². The predicted molar refractivity (Wildman–Crippen MR) is 64.3 cm³/mol. The summed E-state index contributed by atoms with van der Waals surface area (Å²) in [7, 11) is 1.58. The van der Waals surface area contributed by atoms with Crippen molar-refractivity contribution in [3.05, 3.63) is 0 Å². The highest BCUT2D eigenvalue weighted by Crippen LogP contribution is 2.22. The molecule has 0 saturated carbocycles. The van der Waals surface area contributed by atoms with Crippen LogP contribution >= 0.6 is 0 Å². The Morgan fingerprint density at radius 3 is 2.50 bits per heavy atom. The molecule has 6 heteroatoms. The van der Waals surface area contributed by atoms with E-state index in [-0.39, 0.29) is 11.9 Å². The average molecular weight is 259 g/mol. The zero-order valence-electron chi connectivity index (χ0n) is 11.1. The number of carboxylic acid groups (broad SMARTS) is 1. The molecule has 6 nitrogen and oxygen atoms in total. The van der Waals surface area contributed by atoms with Crippen molar-refractivity contribution in [2.75, 3.05) is 20.3 Å². The summed E-state index contributed by atoms with van der Waals surface area (Å²) in [6, 6.07) is -0.0417. The van der Waals surface area contributed by atoms with Crippen molar-refractivity contribution in [1.82, 2.24) is 4.90 Å². The van der Waals surface area contributed by atoms with Crippen molar-refractivity contribution >= 4 is 11.9 Å². The van der Waals surface area contributed by atoms with Crippen LogP contribution in [0, 0.1) is 0 Å². The van der Waals surface area contributed by atoms with Gasteiger partial charge in [0, 0.05) is 13.7 Å². The maximum absolute atomic E-state index is 12.2. The molecule has 1 unspecified atom stereocenters. The number of methoxy groups -OCH3 is 1. The largest absolute Gasteiger partial charge is 0.479 e. The SMILES string of the molecule is CCN(C(=O)[C@@H]1CC[C@H](C(=O)O)O1)C(C)COC. The molecule has 1 fully saturated rings. The van der Waals surface area contributed by atoms with Crippen molar-refractivity contribution in [2.24, 2.45) is 0 Å². The van der Waals surface area contributed by atoms with Crippen LogP contribution in [0.15, 0.2) is 0 Å². The van der Waals surface area contributed by atoms with Gasteiger partial charge in [0.05, 0.1) is 12.6 Å². The van der Waals surface area contributed by atoms with Gasteiger partial charge in [0.25, 0.3) is 5.91 Å². The fraction of sp³-hybridized carbons (Fsp3) is 0.833. The molecule has 1 amide bonds. The fourth-order valence-electron chi connectivity index (χ4n) is 2.20. The van der Waals surface area contributed by atoms with Gasteiger partial charge in [-0.15, -0.1) is 0 Å². The van der Waals surface area contributed by atoms with E-state index < -0.39 is 18.2 Å². The summed E-state index contributed by atoms with van der Waals surface area (Å²) in [5.74, 6) is -1.15. The molecule has 1 aliphatic rings. The number of rotatable bonds is 6. The number of hydrogen-bond acceptors (Lipinski definition) is 4. The Balaban J connectivity index is 2.60. The van der Waals surface area contributed by atoms with Crippen molar-refractivity contribution in [3.63, 3.8) is 0 Å². The molecule has 0 aromatic rings. The monoisotopic (exact) mass is 259 g/mol. The van der Waals surface area contributed by atoms with Gasteiger partial charge in [-0.1, -0.05) is 0 Å². The van der Waals surface area contributed by atoms with Crippen LogP contribution in [0.25, 0.3) is 0 Å². The molecule has 0 radical (unpaired) electrons. The Hall–Kier alpha value is -1.14. The van der Waals surface area contributed by atoms with E-state index in [2.05, 4.69) is 0 Å². The van der Waals surface area contributed by atoms with Gasteiger partial charge < -0.3 is 19.5 Å². The van der Waals surface area contributed by atoms with Crippen molar-refractivity contribution in [2.45, 2.75) is 44.9 Å². The molecular formula is C12H21NO5. The third kappa shape index (κ3) is 3.43. The minimum absolute atomic E-state index is 0.0417. The molecule has 0 aliphatic carbocycles. The molecule has 0 aromatic heterocycles. The lowest BCUT2D eigenvalue weighted by atomic mass is 10.1. The molecule has 1 heterocycles. The fourth-order valence-corrected chi connectivity index (χ4v) is 2.20. The highest BCUT2D eigenvalue weighted by molar-refractivity contribution is 5.83. The first-order chi connectivity index (χ1) is 8.51. The minimum Gasteiger partial charge on any atom is -0.479 e. The Morgan fingerprint density at radius 2 is 2.06 bits per heavy atom. The van der Waals surface area contributed by atoms with Crippen molar-refractivity contribution in [1.29, 1.82) is 0 Å². The first-order valence-corrected chi connectivity index (χ1v) is 6.18. The number of nitrogens with zero attached hydrogens (tertiary/aromatic N) is 1. The summed E-state index contributed by atoms with van der Waals surface area (Å²) in [6.07, 6.45) is -0.630. The lowest BCUT2D eigenvalue weighted by Crippen LogP contribution is -2.46.